The SMILES string of the molecule is COC(=O)c1c(C(F)(F)F)[nH]n(Cc2ccccc2)c(=O)c1=O. The number of hydrogen-bond donors (Lipinski definition) is 1. The Kier molecular flexibility index (Phi) is 4.39. The maximum absolute atomic E-state index is 13.1. The fraction of sp³-hybridized carbons (Fsp3) is 0.214. The number of hydrogen-bond acceptors (Lipinski definition) is 4. The molecule has 23 heavy (non-hydrogen) atoms. The number of nitrogens with zero attached hydrogens (tertiary/aromatic N) is 1. The molecule has 1 N–H and O–H groups in total. The van der Waals surface area contributed by atoms with Gasteiger partial charge in [-0.3, -0.25) is 14.7 Å². The second-order valence-electron chi connectivity index (χ2n) is 4.56. The van der Waals surface area contributed by atoms with E-state index < -0.39 is 34.4 Å². The predicted molar refractivity (Wildman–Crippen MR) is 73.2 cm³/mol. The van der Waals surface area contributed by atoms with Crippen LogP contribution in [-0.4, -0.2) is 22.9 Å². The van der Waals surface area contributed by atoms with E-state index in [0.29, 0.717) is 10.2 Å². The van der Waals surface area contributed by atoms with Crippen LogP contribution in [0.4, 0.5) is 13.2 Å². The molecule has 2 aromatic rings. The van der Waals surface area contributed by atoms with E-state index in [2.05, 4.69) is 4.74 Å². The molecule has 0 radical (unpaired) electrons. The zero-order valence-corrected chi connectivity index (χ0v) is 11.8. The second-order valence-corrected chi connectivity index (χ2v) is 4.56. The number of halogens is 3. The van der Waals surface area contributed by atoms with Gasteiger partial charge in [0.15, 0.2) is 5.69 Å². The maximum atomic E-state index is 13.1. The van der Waals surface area contributed by atoms with E-state index in [-0.39, 0.29) is 6.54 Å². The first-order valence-corrected chi connectivity index (χ1v) is 6.32. The molecule has 1 heterocycles. The molecule has 0 spiro atoms. The minimum atomic E-state index is -5.03. The zero-order valence-electron chi connectivity index (χ0n) is 11.8. The number of aromatic amines is 1. The Labute approximate surface area is 127 Å². The van der Waals surface area contributed by atoms with Gasteiger partial charge >= 0.3 is 17.7 Å². The van der Waals surface area contributed by atoms with Gasteiger partial charge in [-0.1, -0.05) is 30.3 Å². The Morgan fingerprint density at radius 2 is 1.83 bits per heavy atom. The summed E-state index contributed by atoms with van der Waals surface area (Å²) in [5.41, 5.74) is -5.32. The van der Waals surface area contributed by atoms with Gasteiger partial charge in [-0.15, -0.1) is 0 Å². The van der Waals surface area contributed by atoms with Crippen LogP contribution in [0.15, 0.2) is 39.9 Å². The highest BCUT2D eigenvalue weighted by Crippen LogP contribution is 2.28. The number of alkyl halides is 3. The highest BCUT2D eigenvalue weighted by atomic mass is 19.4. The summed E-state index contributed by atoms with van der Waals surface area (Å²) < 4.78 is 43.9. The molecular weight excluding hydrogens is 317 g/mol. The highest BCUT2D eigenvalue weighted by molar-refractivity contribution is 5.90. The van der Waals surface area contributed by atoms with Crippen molar-refractivity contribution >= 4 is 5.97 Å². The monoisotopic (exact) mass is 328 g/mol. The summed E-state index contributed by atoms with van der Waals surface area (Å²) >= 11 is 0. The zero-order chi connectivity index (χ0) is 17.2. The molecular formula is C14H11F3N2O4. The molecule has 122 valence electrons. The number of methoxy groups -OCH3 is 1. The van der Waals surface area contributed by atoms with Crippen LogP contribution >= 0.6 is 0 Å². The predicted octanol–water partition coefficient (Wildman–Crippen LogP) is 1.39. The van der Waals surface area contributed by atoms with Crippen LogP contribution in [-0.2, 0) is 17.5 Å². The lowest BCUT2D eigenvalue weighted by Gasteiger charge is -2.14. The molecule has 0 bridgehead atoms. The molecule has 1 aromatic carbocycles. The van der Waals surface area contributed by atoms with Crippen LogP contribution in [0.3, 0.4) is 0 Å². The quantitative estimate of drug-likeness (QED) is 0.682. The fourth-order valence-electron chi connectivity index (χ4n) is 1.96. The summed E-state index contributed by atoms with van der Waals surface area (Å²) in [6.45, 7) is -0.278. The van der Waals surface area contributed by atoms with Crippen LogP contribution in [0.5, 0.6) is 0 Å². The van der Waals surface area contributed by atoms with Gasteiger partial charge in [0.05, 0.1) is 13.7 Å². The number of aromatic nitrogens is 2. The average molecular weight is 328 g/mol. The van der Waals surface area contributed by atoms with Crippen LogP contribution in [0, 0.1) is 0 Å². The fourth-order valence-corrected chi connectivity index (χ4v) is 1.96. The number of H-pyrrole nitrogens is 1. The molecule has 6 nitrogen and oxygen atoms in total. The van der Waals surface area contributed by atoms with Crippen molar-refractivity contribution < 1.29 is 22.7 Å². The molecule has 0 unspecified atom stereocenters. The summed E-state index contributed by atoms with van der Waals surface area (Å²) in [4.78, 5) is 35.3. The summed E-state index contributed by atoms with van der Waals surface area (Å²) in [6, 6.07) is 8.10. The number of carbonyl (C=O) groups is 1. The summed E-state index contributed by atoms with van der Waals surface area (Å²) in [5.74, 6) is -1.53. The number of benzene rings is 1. The van der Waals surface area contributed by atoms with E-state index in [0.717, 1.165) is 7.11 Å². The third-order valence-electron chi connectivity index (χ3n) is 3.02. The Hall–Kier alpha value is -2.84. The maximum Gasteiger partial charge on any atom is 0.433 e. The van der Waals surface area contributed by atoms with Crippen molar-refractivity contribution in [2.75, 3.05) is 7.11 Å². The van der Waals surface area contributed by atoms with E-state index in [4.69, 9.17) is 0 Å². The Balaban J connectivity index is 2.68. The third-order valence-corrected chi connectivity index (χ3v) is 3.02. The first-order valence-electron chi connectivity index (χ1n) is 6.32. The lowest BCUT2D eigenvalue weighted by molar-refractivity contribution is -0.143. The smallest absolute Gasteiger partial charge is 0.433 e. The van der Waals surface area contributed by atoms with Crippen molar-refractivity contribution in [1.82, 2.24) is 9.78 Å². The van der Waals surface area contributed by atoms with Gasteiger partial charge < -0.3 is 4.74 Å². The molecule has 9 heteroatoms. The number of nitrogens with one attached hydrogen (secondary N) is 1. The number of carbonyl (C=O) groups excluding carboxylic acids is 1. The van der Waals surface area contributed by atoms with Crippen molar-refractivity contribution in [1.29, 1.82) is 0 Å². The van der Waals surface area contributed by atoms with E-state index in [9.17, 15) is 27.6 Å². The molecule has 0 atom stereocenters. The van der Waals surface area contributed by atoms with Gasteiger partial charge in [0.2, 0.25) is 0 Å². The third kappa shape index (κ3) is 3.33. The number of ether oxygens (including phenoxy) is 1. The second kappa shape index (κ2) is 6.11. The highest BCUT2D eigenvalue weighted by Gasteiger charge is 2.40. The van der Waals surface area contributed by atoms with Gasteiger partial charge in [0, 0.05) is 0 Å². The van der Waals surface area contributed by atoms with Gasteiger partial charge in [0.1, 0.15) is 5.56 Å². The van der Waals surface area contributed by atoms with Crippen molar-refractivity contribution in [3.8, 4) is 0 Å². The van der Waals surface area contributed by atoms with E-state index in [1.54, 1.807) is 35.4 Å². The van der Waals surface area contributed by atoms with Crippen LogP contribution in [0.1, 0.15) is 21.6 Å². The molecule has 2 rings (SSSR count). The van der Waals surface area contributed by atoms with E-state index >= 15 is 0 Å². The van der Waals surface area contributed by atoms with E-state index in [1.807, 2.05) is 0 Å². The van der Waals surface area contributed by atoms with Crippen molar-refractivity contribution in [3.63, 3.8) is 0 Å². The summed E-state index contributed by atoms with van der Waals surface area (Å²) in [6.07, 6.45) is -5.03. The lowest BCUT2D eigenvalue weighted by atomic mass is 10.2. The molecule has 0 saturated heterocycles. The first kappa shape index (κ1) is 16.5. The van der Waals surface area contributed by atoms with Gasteiger partial charge in [-0.2, -0.15) is 13.2 Å². The molecule has 0 aliphatic heterocycles. The van der Waals surface area contributed by atoms with Crippen molar-refractivity contribution in [2.45, 2.75) is 12.7 Å². The number of esters is 1. The molecule has 0 amide bonds. The Morgan fingerprint density at radius 3 is 2.35 bits per heavy atom. The van der Waals surface area contributed by atoms with Gasteiger partial charge in [-0.05, 0) is 5.56 Å². The van der Waals surface area contributed by atoms with Crippen LogP contribution in [0.2, 0.25) is 0 Å². The van der Waals surface area contributed by atoms with Crippen LogP contribution < -0.4 is 11.0 Å². The number of rotatable bonds is 3. The summed E-state index contributed by atoms with van der Waals surface area (Å²) in [5, 5.41) is 1.80. The van der Waals surface area contributed by atoms with Crippen molar-refractivity contribution in [2.24, 2.45) is 0 Å². The van der Waals surface area contributed by atoms with Crippen molar-refractivity contribution in [3.05, 3.63) is 67.7 Å². The molecule has 0 saturated carbocycles. The largest absolute Gasteiger partial charge is 0.465 e. The average Bonchev–Trinajstić information content (AvgIpc) is 2.51. The molecule has 0 aliphatic carbocycles. The minimum Gasteiger partial charge on any atom is -0.465 e. The molecule has 0 aliphatic rings. The summed E-state index contributed by atoms with van der Waals surface area (Å²) in [7, 11) is 0.817. The van der Waals surface area contributed by atoms with E-state index in [1.165, 1.54) is 0 Å². The van der Waals surface area contributed by atoms with Crippen LogP contribution in [0.25, 0.3) is 0 Å². The van der Waals surface area contributed by atoms with Gasteiger partial charge in [-0.25, -0.2) is 9.48 Å². The Morgan fingerprint density at radius 1 is 1.22 bits per heavy atom. The lowest BCUT2D eigenvalue weighted by Crippen LogP contribution is -2.43. The standard InChI is InChI=1S/C14H11F3N2O4/c1-23-13(22)9-10(20)12(21)19(18-11(9)14(15,16)17)7-8-5-3-2-4-6-8/h2-6,18H,7H2,1H3. The topological polar surface area (TPSA) is 81.2 Å². The van der Waals surface area contributed by atoms with Gasteiger partial charge in [0.25, 0.3) is 5.43 Å². The normalized spacial score (nSPS) is 11.3. The molecule has 1 aromatic heterocycles. The molecule has 0 fully saturated rings. The first-order chi connectivity index (χ1) is 10.8. The Bertz CT molecular complexity index is 838. The minimum absolute atomic E-state index is 0.278.